The van der Waals surface area contributed by atoms with Gasteiger partial charge in [0.25, 0.3) is 0 Å². The van der Waals surface area contributed by atoms with Crippen molar-refractivity contribution in [3.05, 3.63) is 29.3 Å². The zero-order valence-corrected chi connectivity index (χ0v) is 12.0. The fourth-order valence-electron chi connectivity index (χ4n) is 2.95. The molecule has 1 aromatic carbocycles. The lowest BCUT2D eigenvalue weighted by molar-refractivity contribution is 0.613. The molecule has 0 spiro atoms. The molecule has 1 unspecified atom stereocenters. The van der Waals surface area contributed by atoms with Crippen LogP contribution in [0.25, 0.3) is 0 Å². The second kappa shape index (κ2) is 6.82. The lowest BCUT2D eigenvalue weighted by atomic mass is 9.90. The van der Waals surface area contributed by atoms with E-state index in [-0.39, 0.29) is 0 Å². The minimum absolute atomic E-state index is 0.602. The van der Waals surface area contributed by atoms with E-state index in [1.165, 1.54) is 57.1 Å². The average Bonchev–Trinajstić information content (AvgIpc) is 2.39. The number of aryl methyl sites for hydroxylation is 1. The molecule has 100 valence electrons. The Balaban J connectivity index is 1.96. The number of rotatable bonds is 6. The van der Waals surface area contributed by atoms with Crippen molar-refractivity contribution in [1.82, 2.24) is 0 Å². The molecule has 1 aliphatic rings. The summed E-state index contributed by atoms with van der Waals surface area (Å²) in [6.45, 7) is 4.59. The summed E-state index contributed by atoms with van der Waals surface area (Å²) in [5, 5.41) is 3.73. The number of hydrogen-bond donors (Lipinski definition) is 1. The van der Waals surface area contributed by atoms with Gasteiger partial charge in [-0.25, -0.2) is 0 Å². The van der Waals surface area contributed by atoms with Crippen molar-refractivity contribution in [3.8, 4) is 0 Å². The van der Waals surface area contributed by atoms with Gasteiger partial charge in [0, 0.05) is 11.7 Å². The maximum absolute atomic E-state index is 3.73. The molecule has 1 heteroatoms. The summed E-state index contributed by atoms with van der Waals surface area (Å²) in [5.41, 5.74) is 4.56. The van der Waals surface area contributed by atoms with E-state index in [4.69, 9.17) is 0 Å². The highest BCUT2D eigenvalue weighted by atomic mass is 14.9. The molecule has 0 aromatic heterocycles. The second-order valence-electron chi connectivity index (χ2n) is 5.69. The number of benzene rings is 1. The highest BCUT2D eigenvalue weighted by Crippen LogP contribution is 2.28. The third-order valence-corrected chi connectivity index (χ3v) is 4.04. The van der Waals surface area contributed by atoms with Crippen molar-refractivity contribution in [2.24, 2.45) is 0 Å². The van der Waals surface area contributed by atoms with Gasteiger partial charge in [-0.1, -0.05) is 38.3 Å². The minimum atomic E-state index is 0.602. The summed E-state index contributed by atoms with van der Waals surface area (Å²) >= 11 is 0. The molecule has 18 heavy (non-hydrogen) atoms. The summed E-state index contributed by atoms with van der Waals surface area (Å²) in [4.78, 5) is 0. The van der Waals surface area contributed by atoms with E-state index < -0.39 is 0 Å². The quantitative estimate of drug-likeness (QED) is 0.699. The topological polar surface area (TPSA) is 12.0 Å². The van der Waals surface area contributed by atoms with Gasteiger partial charge in [0.05, 0.1) is 0 Å². The maximum atomic E-state index is 3.73. The highest BCUT2D eigenvalue weighted by Gasteiger charge is 2.13. The lowest BCUT2D eigenvalue weighted by Gasteiger charge is -2.23. The molecule has 0 bridgehead atoms. The Kier molecular flexibility index (Phi) is 5.10. The van der Waals surface area contributed by atoms with Crippen molar-refractivity contribution in [1.29, 1.82) is 0 Å². The SMILES string of the molecule is CCCCCC(C)Nc1cccc2c1CCCC2. The molecule has 0 fully saturated rings. The predicted octanol–water partition coefficient (Wildman–Crippen LogP) is 4.95. The third-order valence-electron chi connectivity index (χ3n) is 4.04. The first-order valence-electron chi connectivity index (χ1n) is 7.68. The second-order valence-corrected chi connectivity index (χ2v) is 5.69. The molecular formula is C17H27N. The van der Waals surface area contributed by atoms with Crippen molar-refractivity contribution in [2.45, 2.75) is 71.3 Å². The first-order chi connectivity index (χ1) is 8.81. The molecule has 1 aliphatic carbocycles. The van der Waals surface area contributed by atoms with Crippen LogP contribution in [0.4, 0.5) is 5.69 Å². The van der Waals surface area contributed by atoms with Crippen molar-refractivity contribution in [3.63, 3.8) is 0 Å². The zero-order valence-electron chi connectivity index (χ0n) is 12.0. The van der Waals surface area contributed by atoms with Crippen LogP contribution in [-0.4, -0.2) is 6.04 Å². The van der Waals surface area contributed by atoms with Crippen LogP contribution in [0.5, 0.6) is 0 Å². The Morgan fingerprint density at radius 2 is 2.00 bits per heavy atom. The molecule has 1 aromatic rings. The van der Waals surface area contributed by atoms with Gasteiger partial charge in [0.15, 0.2) is 0 Å². The Labute approximate surface area is 112 Å². The van der Waals surface area contributed by atoms with Gasteiger partial charge in [-0.3, -0.25) is 0 Å². The molecule has 0 radical (unpaired) electrons. The third kappa shape index (κ3) is 3.51. The van der Waals surface area contributed by atoms with Gasteiger partial charge in [-0.15, -0.1) is 0 Å². The summed E-state index contributed by atoms with van der Waals surface area (Å²) in [7, 11) is 0. The standard InChI is InChI=1S/C17H27N/c1-3-4-5-9-14(2)18-17-13-8-11-15-10-6-7-12-16(15)17/h8,11,13-14,18H,3-7,9-10,12H2,1-2H3. The van der Waals surface area contributed by atoms with E-state index in [1.54, 1.807) is 11.1 Å². The van der Waals surface area contributed by atoms with Gasteiger partial charge < -0.3 is 5.32 Å². The van der Waals surface area contributed by atoms with E-state index in [9.17, 15) is 0 Å². The molecule has 0 amide bonds. The van der Waals surface area contributed by atoms with Crippen LogP contribution in [0.3, 0.4) is 0 Å². The van der Waals surface area contributed by atoms with E-state index in [0.717, 1.165) is 0 Å². The number of anilines is 1. The molecule has 0 heterocycles. The van der Waals surface area contributed by atoms with Gasteiger partial charge >= 0.3 is 0 Å². The predicted molar refractivity (Wildman–Crippen MR) is 80.3 cm³/mol. The van der Waals surface area contributed by atoms with Crippen LogP contribution in [0.1, 0.15) is 63.5 Å². The van der Waals surface area contributed by atoms with Crippen LogP contribution in [0.15, 0.2) is 18.2 Å². The van der Waals surface area contributed by atoms with Crippen LogP contribution >= 0.6 is 0 Å². The van der Waals surface area contributed by atoms with E-state index in [0.29, 0.717) is 6.04 Å². The van der Waals surface area contributed by atoms with Gasteiger partial charge in [-0.2, -0.15) is 0 Å². The maximum Gasteiger partial charge on any atom is 0.0377 e. The monoisotopic (exact) mass is 245 g/mol. The van der Waals surface area contributed by atoms with Crippen molar-refractivity contribution < 1.29 is 0 Å². The average molecular weight is 245 g/mol. The molecule has 1 nitrogen and oxygen atoms in total. The number of fused-ring (bicyclic) bond motifs is 1. The van der Waals surface area contributed by atoms with Crippen LogP contribution in [0, 0.1) is 0 Å². The van der Waals surface area contributed by atoms with Gasteiger partial charge in [0.1, 0.15) is 0 Å². The zero-order chi connectivity index (χ0) is 12.8. The Hall–Kier alpha value is -0.980. The first kappa shape index (κ1) is 13.5. The van der Waals surface area contributed by atoms with Crippen LogP contribution in [0.2, 0.25) is 0 Å². The number of hydrogen-bond acceptors (Lipinski definition) is 1. The van der Waals surface area contributed by atoms with E-state index in [1.807, 2.05) is 0 Å². The normalized spacial score (nSPS) is 16.1. The Morgan fingerprint density at radius 1 is 1.17 bits per heavy atom. The smallest absolute Gasteiger partial charge is 0.0377 e. The number of nitrogens with one attached hydrogen (secondary N) is 1. The Bertz CT molecular complexity index is 370. The number of unbranched alkanes of at least 4 members (excludes halogenated alkanes) is 2. The lowest BCUT2D eigenvalue weighted by Crippen LogP contribution is -2.17. The van der Waals surface area contributed by atoms with Crippen molar-refractivity contribution >= 4 is 5.69 Å². The van der Waals surface area contributed by atoms with E-state index in [2.05, 4.69) is 37.4 Å². The largest absolute Gasteiger partial charge is 0.382 e. The molecular weight excluding hydrogens is 218 g/mol. The van der Waals surface area contributed by atoms with Gasteiger partial charge in [-0.05, 0) is 56.2 Å². The summed E-state index contributed by atoms with van der Waals surface area (Å²) < 4.78 is 0. The fraction of sp³-hybridized carbons (Fsp3) is 0.647. The summed E-state index contributed by atoms with van der Waals surface area (Å²) in [5.74, 6) is 0. The Morgan fingerprint density at radius 3 is 2.83 bits per heavy atom. The van der Waals surface area contributed by atoms with Crippen LogP contribution in [-0.2, 0) is 12.8 Å². The molecule has 1 N–H and O–H groups in total. The fourth-order valence-corrected chi connectivity index (χ4v) is 2.95. The minimum Gasteiger partial charge on any atom is -0.382 e. The summed E-state index contributed by atoms with van der Waals surface area (Å²) in [6.07, 6.45) is 10.6. The molecule has 0 saturated carbocycles. The van der Waals surface area contributed by atoms with Crippen LogP contribution < -0.4 is 5.32 Å². The first-order valence-corrected chi connectivity index (χ1v) is 7.68. The van der Waals surface area contributed by atoms with Crippen molar-refractivity contribution in [2.75, 3.05) is 5.32 Å². The summed E-state index contributed by atoms with van der Waals surface area (Å²) in [6, 6.07) is 7.39. The van der Waals surface area contributed by atoms with E-state index >= 15 is 0 Å². The van der Waals surface area contributed by atoms with Gasteiger partial charge in [0.2, 0.25) is 0 Å². The molecule has 1 atom stereocenters. The molecule has 0 saturated heterocycles. The molecule has 2 rings (SSSR count). The molecule has 0 aliphatic heterocycles. The highest BCUT2D eigenvalue weighted by molar-refractivity contribution is 5.56.